The molecular formula is C31H41NO3. The molecule has 1 N–H and O–H groups in total. The monoisotopic (exact) mass is 475 g/mol. The number of aromatic hydroxyl groups is 1. The third-order valence-corrected chi connectivity index (χ3v) is 6.22. The number of anilines is 2. The molecule has 35 heavy (non-hydrogen) atoms. The fraction of sp³-hybridized carbons (Fsp3) is 0.419. The second-order valence-electron chi connectivity index (χ2n) is 8.84. The minimum atomic E-state index is 0.217. The average Bonchev–Trinajstić information content (AvgIpc) is 2.88. The van der Waals surface area contributed by atoms with Crippen LogP contribution in [0.1, 0.15) is 65.7 Å². The SMILES string of the molecule is CCCCCCCCCOc1ccc(O)cc1-c1ccc(N(CC)c2ccccc2)cc1OCC. The first-order chi connectivity index (χ1) is 17.2. The van der Waals surface area contributed by atoms with E-state index in [0.717, 1.165) is 47.0 Å². The lowest BCUT2D eigenvalue weighted by molar-refractivity contribution is 0.304. The van der Waals surface area contributed by atoms with Gasteiger partial charge in [-0.2, -0.15) is 0 Å². The minimum Gasteiger partial charge on any atom is -0.508 e. The van der Waals surface area contributed by atoms with E-state index in [4.69, 9.17) is 9.47 Å². The summed E-state index contributed by atoms with van der Waals surface area (Å²) in [6.07, 6.45) is 8.72. The van der Waals surface area contributed by atoms with Gasteiger partial charge in [-0.15, -0.1) is 0 Å². The van der Waals surface area contributed by atoms with Crippen LogP contribution in [0.25, 0.3) is 11.1 Å². The van der Waals surface area contributed by atoms with E-state index in [9.17, 15) is 5.11 Å². The van der Waals surface area contributed by atoms with Crippen LogP contribution >= 0.6 is 0 Å². The van der Waals surface area contributed by atoms with Gasteiger partial charge in [0.15, 0.2) is 0 Å². The largest absolute Gasteiger partial charge is 0.508 e. The van der Waals surface area contributed by atoms with Gasteiger partial charge < -0.3 is 19.5 Å². The van der Waals surface area contributed by atoms with Crippen LogP contribution in [0, 0.1) is 0 Å². The highest BCUT2D eigenvalue weighted by atomic mass is 16.5. The van der Waals surface area contributed by atoms with Gasteiger partial charge in [-0.3, -0.25) is 0 Å². The zero-order valence-electron chi connectivity index (χ0n) is 21.6. The lowest BCUT2D eigenvalue weighted by Gasteiger charge is -2.25. The Morgan fingerprint density at radius 2 is 1.40 bits per heavy atom. The topological polar surface area (TPSA) is 41.9 Å². The van der Waals surface area contributed by atoms with Gasteiger partial charge in [-0.25, -0.2) is 0 Å². The maximum atomic E-state index is 10.3. The summed E-state index contributed by atoms with van der Waals surface area (Å²) in [5.41, 5.74) is 3.98. The van der Waals surface area contributed by atoms with E-state index >= 15 is 0 Å². The first-order valence-electron chi connectivity index (χ1n) is 13.2. The molecule has 0 fully saturated rings. The van der Waals surface area contributed by atoms with Crippen molar-refractivity contribution < 1.29 is 14.6 Å². The number of para-hydroxylation sites is 1. The van der Waals surface area contributed by atoms with E-state index in [2.05, 4.69) is 61.2 Å². The molecular weight excluding hydrogens is 434 g/mol. The van der Waals surface area contributed by atoms with E-state index in [1.807, 2.05) is 19.1 Å². The standard InChI is InChI=1S/C31H41NO3/c1-4-7-8-9-10-11-15-22-35-30-21-19-27(33)24-29(30)28-20-18-26(23-31(28)34-6-3)32(5-2)25-16-13-12-14-17-25/h12-14,16-21,23-24,33H,4-11,15,22H2,1-3H3. The molecule has 0 saturated heterocycles. The molecule has 3 aromatic carbocycles. The van der Waals surface area contributed by atoms with Crippen molar-refractivity contribution in [2.45, 2.75) is 65.7 Å². The Balaban J connectivity index is 1.79. The summed E-state index contributed by atoms with van der Waals surface area (Å²) in [6.45, 7) is 8.45. The number of unbranched alkanes of at least 4 members (excludes halogenated alkanes) is 6. The molecule has 0 atom stereocenters. The predicted molar refractivity (Wildman–Crippen MR) is 147 cm³/mol. The van der Waals surface area contributed by atoms with Crippen LogP contribution in [0.2, 0.25) is 0 Å². The van der Waals surface area contributed by atoms with Crippen molar-refractivity contribution in [1.82, 2.24) is 0 Å². The molecule has 0 aliphatic carbocycles. The van der Waals surface area contributed by atoms with Crippen LogP contribution < -0.4 is 14.4 Å². The summed E-state index contributed by atoms with van der Waals surface area (Å²) in [7, 11) is 0. The molecule has 0 bridgehead atoms. The van der Waals surface area contributed by atoms with E-state index in [-0.39, 0.29) is 5.75 Å². The van der Waals surface area contributed by atoms with Gasteiger partial charge in [0.05, 0.1) is 13.2 Å². The fourth-order valence-corrected chi connectivity index (χ4v) is 4.39. The van der Waals surface area contributed by atoms with Crippen LogP contribution in [0.5, 0.6) is 17.2 Å². The number of rotatable bonds is 15. The van der Waals surface area contributed by atoms with Gasteiger partial charge in [-0.1, -0.05) is 63.6 Å². The lowest BCUT2D eigenvalue weighted by atomic mass is 10.0. The Bertz CT molecular complexity index is 1020. The molecule has 0 aromatic heterocycles. The molecule has 3 aromatic rings. The first-order valence-corrected chi connectivity index (χ1v) is 13.2. The molecule has 0 radical (unpaired) electrons. The van der Waals surface area contributed by atoms with Crippen LogP contribution in [-0.2, 0) is 0 Å². The second kappa shape index (κ2) is 14.3. The number of benzene rings is 3. The van der Waals surface area contributed by atoms with E-state index < -0.39 is 0 Å². The highest BCUT2D eigenvalue weighted by Gasteiger charge is 2.16. The lowest BCUT2D eigenvalue weighted by Crippen LogP contribution is -2.16. The van der Waals surface area contributed by atoms with Crippen molar-refractivity contribution in [3.05, 3.63) is 66.7 Å². The van der Waals surface area contributed by atoms with E-state index in [0.29, 0.717) is 13.2 Å². The predicted octanol–water partition coefficient (Wildman–Crippen LogP) is 8.75. The van der Waals surface area contributed by atoms with Crippen LogP contribution in [-0.4, -0.2) is 24.9 Å². The number of hydrogen-bond acceptors (Lipinski definition) is 4. The summed E-state index contributed by atoms with van der Waals surface area (Å²) >= 11 is 0. The number of phenols is 1. The van der Waals surface area contributed by atoms with Gasteiger partial charge in [-0.05, 0) is 62.7 Å². The van der Waals surface area contributed by atoms with Crippen molar-refractivity contribution in [2.75, 3.05) is 24.7 Å². The van der Waals surface area contributed by atoms with Crippen molar-refractivity contribution in [3.63, 3.8) is 0 Å². The Kier molecular flexibility index (Phi) is 10.8. The summed E-state index contributed by atoms with van der Waals surface area (Å²) in [4.78, 5) is 2.26. The van der Waals surface area contributed by atoms with Crippen molar-refractivity contribution >= 4 is 11.4 Å². The maximum Gasteiger partial charge on any atom is 0.129 e. The number of hydrogen-bond donors (Lipinski definition) is 1. The highest BCUT2D eigenvalue weighted by molar-refractivity contribution is 5.80. The Morgan fingerprint density at radius 1 is 0.657 bits per heavy atom. The molecule has 0 heterocycles. The van der Waals surface area contributed by atoms with E-state index in [1.54, 1.807) is 12.1 Å². The van der Waals surface area contributed by atoms with Crippen LogP contribution in [0.3, 0.4) is 0 Å². The summed E-state index contributed by atoms with van der Waals surface area (Å²) in [6, 6.07) is 21.9. The molecule has 3 rings (SSSR count). The zero-order chi connectivity index (χ0) is 24.9. The Labute approximate surface area is 211 Å². The second-order valence-corrected chi connectivity index (χ2v) is 8.84. The molecule has 0 aliphatic heterocycles. The molecule has 0 amide bonds. The highest BCUT2D eigenvalue weighted by Crippen LogP contribution is 2.41. The first kappa shape index (κ1) is 26.5. The van der Waals surface area contributed by atoms with Crippen LogP contribution in [0.4, 0.5) is 11.4 Å². The molecule has 188 valence electrons. The minimum absolute atomic E-state index is 0.217. The number of ether oxygens (including phenoxy) is 2. The molecule has 0 unspecified atom stereocenters. The number of phenolic OH excluding ortho intramolecular Hbond substituents is 1. The van der Waals surface area contributed by atoms with Crippen molar-refractivity contribution in [1.29, 1.82) is 0 Å². The smallest absolute Gasteiger partial charge is 0.129 e. The molecule has 4 heteroatoms. The normalized spacial score (nSPS) is 10.8. The van der Waals surface area contributed by atoms with Gasteiger partial charge in [0.1, 0.15) is 17.2 Å². The summed E-state index contributed by atoms with van der Waals surface area (Å²) in [5, 5.41) is 10.3. The van der Waals surface area contributed by atoms with Gasteiger partial charge in [0.25, 0.3) is 0 Å². The third kappa shape index (κ3) is 7.68. The van der Waals surface area contributed by atoms with Gasteiger partial charge in [0, 0.05) is 35.1 Å². The van der Waals surface area contributed by atoms with Gasteiger partial charge >= 0.3 is 0 Å². The molecule has 0 saturated carbocycles. The summed E-state index contributed by atoms with van der Waals surface area (Å²) < 4.78 is 12.3. The molecule has 0 aliphatic rings. The average molecular weight is 476 g/mol. The fourth-order valence-electron chi connectivity index (χ4n) is 4.39. The molecule has 0 spiro atoms. The number of nitrogens with zero attached hydrogens (tertiary/aromatic N) is 1. The van der Waals surface area contributed by atoms with Gasteiger partial charge in [0.2, 0.25) is 0 Å². The quantitative estimate of drug-likeness (QED) is 0.223. The zero-order valence-corrected chi connectivity index (χ0v) is 21.6. The van der Waals surface area contributed by atoms with E-state index in [1.165, 1.54) is 38.5 Å². The van der Waals surface area contributed by atoms with Crippen LogP contribution in [0.15, 0.2) is 66.7 Å². The maximum absolute atomic E-state index is 10.3. The summed E-state index contributed by atoms with van der Waals surface area (Å²) in [5.74, 6) is 1.78. The van der Waals surface area contributed by atoms with Crippen molar-refractivity contribution in [3.8, 4) is 28.4 Å². The third-order valence-electron chi connectivity index (χ3n) is 6.22. The Morgan fingerprint density at radius 3 is 2.11 bits per heavy atom. The van der Waals surface area contributed by atoms with Crippen molar-refractivity contribution in [2.24, 2.45) is 0 Å². The Hall–Kier alpha value is -3.14. The molecule has 4 nitrogen and oxygen atoms in total.